The summed E-state index contributed by atoms with van der Waals surface area (Å²) in [6.07, 6.45) is 0. The van der Waals surface area contributed by atoms with Gasteiger partial charge in [0.2, 0.25) is 0 Å². The van der Waals surface area contributed by atoms with E-state index in [0.717, 1.165) is 47.5 Å². The van der Waals surface area contributed by atoms with Crippen molar-refractivity contribution in [2.24, 2.45) is 0 Å². The number of carbonyl (C=O) groups excluding carboxylic acids is 1. The number of nitrogens with zero attached hydrogens (tertiary/aromatic N) is 1. The molecule has 0 atom stereocenters. The molecule has 2 aromatic carbocycles. The third-order valence-corrected chi connectivity index (χ3v) is 4.95. The second-order valence-corrected chi connectivity index (χ2v) is 6.77. The lowest BCUT2D eigenvalue weighted by atomic mass is 10.1. The number of aromatic amines is 1. The van der Waals surface area contributed by atoms with Crippen LogP contribution in [0.5, 0.6) is 5.75 Å². The Labute approximate surface area is 166 Å². The number of esters is 1. The molecule has 0 fully saturated rings. The number of aromatic nitrogens is 1. The number of aryl methyl sites for hydroxylation is 1. The molecule has 3 aromatic rings. The fourth-order valence-electron chi connectivity index (χ4n) is 3.29. The normalized spacial score (nSPS) is 11.1. The van der Waals surface area contributed by atoms with E-state index in [1.54, 1.807) is 0 Å². The van der Waals surface area contributed by atoms with Gasteiger partial charge >= 0.3 is 5.97 Å². The van der Waals surface area contributed by atoms with Gasteiger partial charge in [-0.3, -0.25) is 0 Å². The molecule has 148 valence electrons. The van der Waals surface area contributed by atoms with Crippen molar-refractivity contribution in [3.8, 4) is 5.75 Å². The average molecular weight is 380 g/mol. The summed E-state index contributed by atoms with van der Waals surface area (Å²) in [6.45, 7) is 9.94. The van der Waals surface area contributed by atoms with Crippen LogP contribution in [0, 0.1) is 6.92 Å². The molecule has 0 amide bonds. The first-order chi connectivity index (χ1) is 13.6. The standard InChI is InChI=1S/C23H28N2O3/c1-4-25(5-2)13-14-27-19-11-12-21-20(15-19)22(17(3)24-21)23(26)28-16-18-9-7-6-8-10-18/h6-12,15,24H,4-5,13-14,16H2,1-3H3. The predicted molar refractivity (Wildman–Crippen MR) is 112 cm³/mol. The first-order valence-corrected chi connectivity index (χ1v) is 9.80. The highest BCUT2D eigenvalue weighted by atomic mass is 16.5. The summed E-state index contributed by atoms with van der Waals surface area (Å²) < 4.78 is 11.5. The van der Waals surface area contributed by atoms with E-state index in [1.165, 1.54) is 0 Å². The van der Waals surface area contributed by atoms with Crippen molar-refractivity contribution < 1.29 is 14.3 Å². The monoisotopic (exact) mass is 380 g/mol. The lowest BCUT2D eigenvalue weighted by molar-refractivity contribution is 0.0474. The Kier molecular flexibility index (Phi) is 6.71. The van der Waals surface area contributed by atoms with Crippen LogP contribution >= 0.6 is 0 Å². The number of ether oxygens (including phenoxy) is 2. The summed E-state index contributed by atoms with van der Waals surface area (Å²) in [7, 11) is 0. The molecule has 1 N–H and O–H groups in total. The summed E-state index contributed by atoms with van der Waals surface area (Å²) in [6, 6.07) is 15.5. The molecule has 0 radical (unpaired) electrons. The molecular weight excluding hydrogens is 352 g/mol. The van der Waals surface area contributed by atoms with Crippen LogP contribution in [-0.2, 0) is 11.3 Å². The van der Waals surface area contributed by atoms with E-state index < -0.39 is 0 Å². The second-order valence-electron chi connectivity index (χ2n) is 6.77. The van der Waals surface area contributed by atoms with Crippen molar-refractivity contribution in [1.82, 2.24) is 9.88 Å². The minimum Gasteiger partial charge on any atom is -0.492 e. The van der Waals surface area contributed by atoms with Crippen LogP contribution in [0.4, 0.5) is 0 Å². The minimum absolute atomic E-state index is 0.256. The van der Waals surface area contributed by atoms with Crippen LogP contribution in [0.2, 0.25) is 0 Å². The van der Waals surface area contributed by atoms with E-state index in [-0.39, 0.29) is 12.6 Å². The molecule has 5 heteroatoms. The van der Waals surface area contributed by atoms with Crippen LogP contribution < -0.4 is 4.74 Å². The number of H-pyrrole nitrogens is 1. The van der Waals surface area contributed by atoms with Gasteiger partial charge in [0, 0.05) is 23.1 Å². The summed E-state index contributed by atoms with van der Waals surface area (Å²) >= 11 is 0. The minimum atomic E-state index is -0.326. The maximum Gasteiger partial charge on any atom is 0.340 e. The van der Waals surface area contributed by atoms with Crippen LogP contribution in [0.3, 0.4) is 0 Å². The molecule has 0 spiro atoms. The molecule has 0 unspecified atom stereocenters. The zero-order valence-electron chi connectivity index (χ0n) is 16.8. The van der Waals surface area contributed by atoms with Crippen molar-refractivity contribution in [2.45, 2.75) is 27.4 Å². The Bertz CT molecular complexity index is 914. The molecule has 3 rings (SSSR count). The SMILES string of the molecule is CCN(CC)CCOc1ccc2[nH]c(C)c(C(=O)OCc3ccccc3)c2c1. The molecule has 1 aromatic heterocycles. The van der Waals surface area contributed by atoms with Crippen LogP contribution in [0.15, 0.2) is 48.5 Å². The second kappa shape index (κ2) is 9.42. The Morgan fingerprint density at radius 1 is 1.07 bits per heavy atom. The highest BCUT2D eigenvalue weighted by molar-refractivity contribution is 6.05. The quantitative estimate of drug-likeness (QED) is 0.553. The Hall–Kier alpha value is -2.79. The fraction of sp³-hybridized carbons (Fsp3) is 0.348. The molecule has 0 bridgehead atoms. The van der Waals surface area contributed by atoms with E-state index in [9.17, 15) is 4.79 Å². The Morgan fingerprint density at radius 2 is 1.82 bits per heavy atom. The predicted octanol–water partition coefficient (Wildman–Crippen LogP) is 4.55. The van der Waals surface area contributed by atoms with Crippen molar-refractivity contribution >= 4 is 16.9 Å². The van der Waals surface area contributed by atoms with Gasteiger partial charge in [0.15, 0.2) is 0 Å². The van der Waals surface area contributed by atoms with E-state index >= 15 is 0 Å². The Morgan fingerprint density at radius 3 is 2.54 bits per heavy atom. The zero-order chi connectivity index (χ0) is 19.9. The lowest BCUT2D eigenvalue weighted by Crippen LogP contribution is -2.27. The summed E-state index contributed by atoms with van der Waals surface area (Å²) in [5, 5.41) is 0.830. The highest BCUT2D eigenvalue weighted by Gasteiger charge is 2.18. The van der Waals surface area contributed by atoms with Gasteiger partial charge in [-0.1, -0.05) is 44.2 Å². The molecule has 0 aliphatic rings. The number of nitrogens with one attached hydrogen (secondary N) is 1. The molecule has 0 saturated carbocycles. The number of likely N-dealkylation sites (N-methyl/N-ethyl adjacent to an activating group) is 1. The molecule has 5 nitrogen and oxygen atoms in total. The number of rotatable bonds is 9. The first-order valence-electron chi connectivity index (χ1n) is 9.80. The average Bonchev–Trinajstić information content (AvgIpc) is 3.05. The third kappa shape index (κ3) is 4.73. The van der Waals surface area contributed by atoms with Crippen LogP contribution in [-0.4, -0.2) is 42.1 Å². The topological polar surface area (TPSA) is 54.6 Å². The summed E-state index contributed by atoms with van der Waals surface area (Å²) in [4.78, 5) is 18.3. The Balaban J connectivity index is 1.72. The van der Waals surface area contributed by atoms with E-state index in [1.807, 2.05) is 55.5 Å². The van der Waals surface area contributed by atoms with E-state index in [2.05, 4.69) is 23.7 Å². The van der Waals surface area contributed by atoms with Crippen LogP contribution in [0.1, 0.15) is 35.5 Å². The highest BCUT2D eigenvalue weighted by Crippen LogP contribution is 2.27. The zero-order valence-corrected chi connectivity index (χ0v) is 16.8. The van der Waals surface area contributed by atoms with Gasteiger partial charge in [0.05, 0.1) is 5.56 Å². The van der Waals surface area contributed by atoms with E-state index in [4.69, 9.17) is 9.47 Å². The van der Waals surface area contributed by atoms with Crippen molar-refractivity contribution in [3.05, 3.63) is 65.4 Å². The largest absolute Gasteiger partial charge is 0.492 e. The lowest BCUT2D eigenvalue weighted by Gasteiger charge is -2.18. The number of carbonyl (C=O) groups is 1. The van der Waals surface area contributed by atoms with Gasteiger partial charge in [-0.15, -0.1) is 0 Å². The van der Waals surface area contributed by atoms with Crippen molar-refractivity contribution in [2.75, 3.05) is 26.2 Å². The smallest absolute Gasteiger partial charge is 0.340 e. The molecule has 28 heavy (non-hydrogen) atoms. The maximum absolute atomic E-state index is 12.7. The number of hydrogen-bond donors (Lipinski definition) is 1. The first kappa shape index (κ1) is 20.0. The van der Waals surface area contributed by atoms with Gasteiger partial charge < -0.3 is 19.4 Å². The molecular formula is C23H28N2O3. The van der Waals surface area contributed by atoms with Crippen molar-refractivity contribution in [1.29, 1.82) is 0 Å². The maximum atomic E-state index is 12.7. The van der Waals surface area contributed by atoms with Gasteiger partial charge in [-0.05, 0) is 43.8 Å². The van der Waals surface area contributed by atoms with E-state index in [0.29, 0.717) is 12.2 Å². The van der Waals surface area contributed by atoms with Gasteiger partial charge in [0.1, 0.15) is 19.0 Å². The third-order valence-electron chi connectivity index (χ3n) is 4.95. The van der Waals surface area contributed by atoms with Gasteiger partial charge in [-0.2, -0.15) is 0 Å². The van der Waals surface area contributed by atoms with Crippen molar-refractivity contribution in [3.63, 3.8) is 0 Å². The summed E-state index contributed by atoms with van der Waals surface area (Å²) in [5.41, 5.74) is 3.24. The number of benzene rings is 2. The summed E-state index contributed by atoms with van der Waals surface area (Å²) in [5.74, 6) is 0.434. The van der Waals surface area contributed by atoms with Gasteiger partial charge in [0.25, 0.3) is 0 Å². The number of hydrogen-bond acceptors (Lipinski definition) is 4. The molecule has 0 saturated heterocycles. The number of fused-ring (bicyclic) bond motifs is 1. The molecule has 0 aliphatic carbocycles. The van der Waals surface area contributed by atoms with Crippen LogP contribution in [0.25, 0.3) is 10.9 Å². The molecule has 0 aliphatic heterocycles. The fourth-order valence-corrected chi connectivity index (χ4v) is 3.29. The van der Waals surface area contributed by atoms with Gasteiger partial charge in [-0.25, -0.2) is 4.79 Å². The molecule has 1 heterocycles.